The van der Waals surface area contributed by atoms with Crippen LogP contribution in [0.5, 0.6) is 0 Å². The Balaban J connectivity index is 0. The van der Waals surface area contributed by atoms with E-state index < -0.39 is 12.0 Å². The number of hydrogen-bond acceptors (Lipinski definition) is 3. The van der Waals surface area contributed by atoms with Crippen molar-refractivity contribution >= 4 is 75.9 Å². The first-order chi connectivity index (χ1) is 4.57. The summed E-state index contributed by atoms with van der Waals surface area (Å²) in [6, 6.07) is -0.874. The van der Waals surface area contributed by atoms with E-state index in [4.69, 9.17) is 5.11 Å². The average molecular weight is 203 g/mol. The van der Waals surface area contributed by atoms with Crippen LogP contribution >= 0.6 is 12.6 Å². The molecule has 4 nitrogen and oxygen atoms in total. The molecule has 0 bridgehead atoms. The zero-order valence-electron chi connectivity index (χ0n) is 5.50. The summed E-state index contributed by atoms with van der Waals surface area (Å²) in [5.41, 5.74) is 0. The first-order valence-electron chi connectivity index (χ1n) is 2.68. The summed E-state index contributed by atoms with van der Waals surface area (Å²) < 4.78 is 0. The normalized spacial score (nSPS) is 11.1. The van der Waals surface area contributed by atoms with Gasteiger partial charge in [0.05, 0.1) is 0 Å². The predicted octanol–water partition coefficient (Wildman–Crippen LogP) is -1.14. The molecule has 0 aliphatic carbocycles. The van der Waals surface area contributed by atoms with E-state index in [1.165, 1.54) is 6.92 Å². The van der Waals surface area contributed by atoms with E-state index in [2.05, 4.69) is 17.9 Å². The topological polar surface area (TPSA) is 66.4 Å². The Morgan fingerprint density at radius 3 is 2.18 bits per heavy atom. The number of rotatable bonds is 3. The second-order valence-electron chi connectivity index (χ2n) is 1.77. The minimum atomic E-state index is -1.06. The van der Waals surface area contributed by atoms with Gasteiger partial charge in [-0.3, -0.25) is 4.79 Å². The second kappa shape index (κ2) is 7.57. The summed E-state index contributed by atoms with van der Waals surface area (Å²) >= 11 is 3.73. The molecule has 0 aromatic heterocycles. The molecule has 2 N–H and O–H groups in total. The molecule has 0 saturated heterocycles. The van der Waals surface area contributed by atoms with Crippen LogP contribution in [0.1, 0.15) is 6.92 Å². The van der Waals surface area contributed by atoms with Gasteiger partial charge in [-0.15, -0.1) is 0 Å². The molecule has 1 atom stereocenters. The fourth-order valence-electron chi connectivity index (χ4n) is 0.431. The summed E-state index contributed by atoms with van der Waals surface area (Å²) in [4.78, 5) is 20.5. The zero-order valence-corrected chi connectivity index (χ0v) is 6.39. The summed E-state index contributed by atoms with van der Waals surface area (Å²) in [7, 11) is 0. The van der Waals surface area contributed by atoms with E-state index in [0.717, 1.165) is 0 Å². The molecule has 0 spiro atoms. The molecule has 60 valence electrons. The predicted molar refractivity (Wildman–Crippen MR) is 46.2 cm³/mol. The maximum atomic E-state index is 10.3. The Morgan fingerprint density at radius 2 is 2.09 bits per heavy atom. The van der Waals surface area contributed by atoms with Crippen molar-refractivity contribution in [2.45, 2.75) is 13.0 Å². The second-order valence-corrected chi connectivity index (χ2v) is 2.14. The molecule has 11 heavy (non-hydrogen) atoms. The van der Waals surface area contributed by atoms with Gasteiger partial charge in [-0.1, -0.05) is 0 Å². The van der Waals surface area contributed by atoms with Crippen LogP contribution in [0.4, 0.5) is 0 Å². The third-order valence-electron chi connectivity index (χ3n) is 0.858. The number of carbonyl (C=O) groups is 2. The first kappa shape index (κ1) is 14.5. The van der Waals surface area contributed by atoms with Gasteiger partial charge in [0.15, 0.2) is 0 Å². The Labute approximate surface area is 113 Å². The van der Waals surface area contributed by atoms with Crippen LogP contribution in [-0.2, 0) is 9.59 Å². The van der Waals surface area contributed by atoms with Crippen LogP contribution < -0.4 is 5.32 Å². The molecule has 0 aromatic rings. The number of aliphatic carboxylic acids is 1. The van der Waals surface area contributed by atoms with Gasteiger partial charge in [0.1, 0.15) is 6.04 Å². The van der Waals surface area contributed by atoms with Crippen LogP contribution in [0.25, 0.3) is 0 Å². The van der Waals surface area contributed by atoms with E-state index in [9.17, 15) is 9.59 Å². The van der Waals surface area contributed by atoms with Crippen molar-refractivity contribution in [1.29, 1.82) is 0 Å². The van der Waals surface area contributed by atoms with Gasteiger partial charge >= 0.3 is 57.4 Å². The Bertz CT molecular complexity index is 153. The zero-order chi connectivity index (χ0) is 8.15. The number of carboxylic acid groups (broad SMARTS) is 1. The molecule has 0 aliphatic heterocycles. The molecule has 0 aliphatic rings. The molecular weight excluding hydrogens is 193 g/mol. The van der Waals surface area contributed by atoms with Crippen molar-refractivity contribution in [3.8, 4) is 0 Å². The van der Waals surface area contributed by atoms with Crippen LogP contribution in [0.3, 0.4) is 0 Å². The van der Waals surface area contributed by atoms with Gasteiger partial charge in [0, 0.05) is 12.7 Å². The summed E-state index contributed by atoms with van der Waals surface area (Å²) in [5.74, 6) is -1.32. The van der Waals surface area contributed by atoms with Crippen LogP contribution in [0.2, 0.25) is 0 Å². The maximum absolute atomic E-state index is 10.3. The minimum absolute atomic E-state index is 0. The third kappa shape index (κ3) is 7.29. The van der Waals surface area contributed by atoms with Crippen LogP contribution in [-0.4, -0.2) is 80.2 Å². The molecule has 0 heterocycles. The van der Waals surface area contributed by atoms with Crippen LogP contribution in [0.15, 0.2) is 0 Å². The van der Waals surface area contributed by atoms with Gasteiger partial charge < -0.3 is 10.4 Å². The molecule has 0 saturated carbocycles. The fourth-order valence-corrected chi connectivity index (χ4v) is 0.678. The summed E-state index contributed by atoms with van der Waals surface area (Å²) in [6.45, 7) is 1.26. The monoisotopic (exact) mass is 203 g/mol. The molecule has 1 amide bonds. The number of carbonyl (C=O) groups excluding carboxylic acids is 1. The quantitative estimate of drug-likeness (QED) is 0.401. The van der Waals surface area contributed by atoms with Crippen molar-refractivity contribution in [2.75, 3.05) is 5.75 Å². The van der Waals surface area contributed by atoms with Crippen molar-refractivity contribution < 1.29 is 14.7 Å². The van der Waals surface area contributed by atoms with Crippen LogP contribution in [0, 0.1) is 0 Å². The van der Waals surface area contributed by atoms with Gasteiger partial charge in [0.2, 0.25) is 5.91 Å². The van der Waals surface area contributed by atoms with Gasteiger partial charge in [-0.05, 0) is 0 Å². The number of amides is 1. The Hall–Kier alpha value is 0.926. The van der Waals surface area contributed by atoms with E-state index in [0.29, 0.717) is 0 Å². The fraction of sp³-hybridized carbons (Fsp3) is 0.600. The summed E-state index contributed by atoms with van der Waals surface area (Å²) in [5, 5.41) is 10.6. The third-order valence-corrected chi connectivity index (χ3v) is 1.22. The first-order valence-corrected chi connectivity index (χ1v) is 3.32. The molecular formula is C5H10KNO3S. The summed E-state index contributed by atoms with van der Waals surface area (Å²) in [6.07, 6.45) is 0. The Morgan fingerprint density at radius 1 is 1.64 bits per heavy atom. The molecule has 6 heteroatoms. The van der Waals surface area contributed by atoms with Crippen molar-refractivity contribution in [3.63, 3.8) is 0 Å². The van der Waals surface area contributed by atoms with E-state index in [1.54, 1.807) is 0 Å². The number of carboxylic acids is 1. The Kier molecular flexibility index (Phi) is 9.94. The number of nitrogens with one attached hydrogen (secondary N) is 1. The van der Waals surface area contributed by atoms with Gasteiger partial charge in [-0.25, -0.2) is 4.79 Å². The van der Waals surface area contributed by atoms with Crippen molar-refractivity contribution in [1.82, 2.24) is 5.32 Å². The average Bonchev–Trinajstić information content (AvgIpc) is 1.81. The van der Waals surface area contributed by atoms with E-state index in [1.807, 2.05) is 0 Å². The van der Waals surface area contributed by atoms with E-state index >= 15 is 0 Å². The molecule has 0 radical (unpaired) electrons. The number of hydrogen-bond donors (Lipinski definition) is 3. The van der Waals surface area contributed by atoms with Gasteiger partial charge in [0.25, 0.3) is 0 Å². The molecule has 1 unspecified atom stereocenters. The van der Waals surface area contributed by atoms with E-state index in [-0.39, 0.29) is 63.0 Å². The SMILES string of the molecule is CC(=O)NC(CS)C(=O)O.[KH]. The number of thiol groups is 1. The van der Waals surface area contributed by atoms with Crippen molar-refractivity contribution in [2.24, 2.45) is 0 Å². The van der Waals surface area contributed by atoms with Crippen molar-refractivity contribution in [3.05, 3.63) is 0 Å². The molecule has 0 aromatic carbocycles. The standard InChI is InChI=1S/C5H9NO3S.K.H/c1-3(7)6-4(2-10)5(8)9;;/h4,10H,2H2,1H3,(H,6,7)(H,8,9);;. The molecule has 0 fully saturated rings. The molecule has 0 rings (SSSR count). The van der Waals surface area contributed by atoms with Gasteiger partial charge in [-0.2, -0.15) is 12.6 Å².